The van der Waals surface area contributed by atoms with Gasteiger partial charge in [-0.05, 0) is 31.0 Å². The molecule has 0 saturated carbocycles. The van der Waals surface area contributed by atoms with Crippen molar-refractivity contribution >= 4 is 29.9 Å². The number of nitrogens with one attached hydrogen (secondary N) is 2. The maximum atomic E-state index is 13.7. The van der Waals surface area contributed by atoms with Crippen LogP contribution in [0.1, 0.15) is 24.2 Å². The van der Waals surface area contributed by atoms with Crippen molar-refractivity contribution in [3.8, 4) is 5.75 Å². The van der Waals surface area contributed by atoms with Crippen LogP contribution in [-0.4, -0.2) is 37.8 Å². The molecule has 0 aliphatic rings. The third-order valence-corrected chi connectivity index (χ3v) is 3.91. The van der Waals surface area contributed by atoms with Gasteiger partial charge in [0.2, 0.25) is 0 Å². The summed E-state index contributed by atoms with van der Waals surface area (Å²) in [5.74, 6) is 1.01. The van der Waals surface area contributed by atoms with E-state index in [2.05, 4.69) is 15.6 Å². The number of rotatable bonds is 8. The number of nitrogens with zero attached hydrogens (tertiary/aromatic N) is 1. The van der Waals surface area contributed by atoms with Crippen LogP contribution in [0.15, 0.2) is 53.5 Å². The Hall–Kier alpha value is -1.87. The first kappa shape index (κ1) is 23.2. The second-order valence-corrected chi connectivity index (χ2v) is 5.75. The third-order valence-electron chi connectivity index (χ3n) is 3.91. The third kappa shape index (κ3) is 7.34. The van der Waals surface area contributed by atoms with E-state index in [4.69, 9.17) is 4.74 Å². The Labute approximate surface area is 177 Å². The molecule has 2 aromatic carbocycles. The van der Waals surface area contributed by atoms with Crippen molar-refractivity contribution in [2.24, 2.45) is 4.99 Å². The van der Waals surface area contributed by atoms with Gasteiger partial charge in [-0.25, -0.2) is 4.39 Å². The SMILES string of the molecule is CCNC(=NCC(O)c1ccccc1F)NCCc1ccccc1OC.I. The molecule has 3 N–H and O–H groups in total. The Balaban J connectivity index is 0.00000364. The van der Waals surface area contributed by atoms with Crippen LogP contribution in [0, 0.1) is 5.82 Å². The fourth-order valence-corrected chi connectivity index (χ4v) is 2.59. The summed E-state index contributed by atoms with van der Waals surface area (Å²) in [5.41, 5.74) is 1.35. The second kappa shape index (κ2) is 12.5. The molecular formula is C20H27FIN3O2. The average Bonchev–Trinajstić information content (AvgIpc) is 2.66. The van der Waals surface area contributed by atoms with Crippen molar-refractivity contribution in [2.75, 3.05) is 26.7 Å². The van der Waals surface area contributed by atoms with Gasteiger partial charge in [0.1, 0.15) is 17.7 Å². The van der Waals surface area contributed by atoms with Crippen molar-refractivity contribution in [3.63, 3.8) is 0 Å². The van der Waals surface area contributed by atoms with Crippen molar-refractivity contribution in [1.82, 2.24) is 10.6 Å². The van der Waals surface area contributed by atoms with Gasteiger partial charge in [0.05, 0.1) is 13.7 Å². The molecule has 0 radical (unpaired) electrons. The monoisotopic (exact) mass is 487 g/mol. The van der Waals surface area contributed by atoms with E-state index in [9.17, 15) is 9.50 Å². The van der Waals surface area contributed by atoms with Crippen LogP contribution in [0.5, 0.6) is 5.75 Å². The van der Waals surface area contributed by atoms with Crippen LogP contribution in [0.2, 0.25) is 0 Å². The van der Waals surface area contributed by atoms with Gasteiger partial charge in [-0.3, -0.25) is 4.99 Å². The van der Waals surface area contributed by atoms with Crippen LogP contribution in [0.25, 0.3) is 0 Å². The highest BCUT2D eigenvalue weighted by atomic mass is 127. The molecule has 27 heavy (non-hydrogen) atoms. The van der Waals surface area contributed by atoms with Gasteiger partial charge in [-0.2, -0.15) is 0 Å². The molecule has 0 saturated heterocycles. The Morgan fingerprint density at radius 3 is 2.56 bits per heavy atom. The maximum Gasteiger partial charge on any atom is 0.191 e. The topological polar surface area (TPSA) is 65.9 Å². The molecule has 5 nitrogen and oxygen atoms in total. The van der Waals surface area contributed by atoms with Crippen LogP contribution in [0.4, 0.5) is 4.39 Å². The summed E-state index contributed by atoms with van der Waals surface area (Å²) in [6.45, 7) is 3.38. The van der Waals surface area contributed by atoms with Crippen LogP contribution in [-0.2, 0) is 6.42 Å². The largest absolute Gasteiger partial charge is 0.496 e. The molecule has 1 atom stereocenters. The molecule has 0 aliphatic heterocycles. The lowest BCUT2D eigenvalue weighted by Crippen LogP contribution is -2.38. The van der Waals surface area contributed by atoms with Gasteiger partial charge in [0.15, 0.2) is 5.96 Å². The van der Waals surface area contributed by atoms with Crippen molar-refractivity contribution in [3.05, 3.63) is 65.5 Å². The molecule has 148 valence electrons. The lowest BCUT2D eigenvalue weighted by Gasteiger charge is -2.14. The van der Waals surface area contributed by atoms with Gasteiger partial charge in [0.25, 0.3) is 0 Å². The van der Waals surface area contributed by atoms with E-state index < -0.39 is 11.9 Å². The minimum Gasteiger partial charge on any atom is -0.496 e. The number of aliphatic hydroxyl groups excluding tert-OH is 1. The summed E-state index contributed by atoms with van der Waals surface area (Å²) in [4.78, 5) is 4.35. The lowest BCUT2D eigenvalue weighted by molar-refractivity contribution is 0.182. The van der Waals surface area contributed by atoms with Gasteiger partial charge in [-0.1, -0.05) is 36.4 Å². The lowest BCUT2D eigenvalue weighted by atomic mass is 10.1. The van der Waals surface area contributed by atoms with Crippen molar-refractivity contribution in [1.29, 1.82) is 0 Å². The zero-order valence-electron chi connectivity index (χ0n) is 15.6. The van der Waals surface area contributed by atoms with E-state index in [-0.39, 0.29) is 36.1 Å². The number of methoxy groups -OCH3 is 1. The molecule has 2 rings (SSSR count). The molecule has 0 spiro atoms. The smallest absolute Gasteiger partial charge is 0.191 e. The molecule has 0 heterocycles. The predicted octanol–water partition coefficient (Wildman–Crippen LogP) is 3.28. The van der Waals surface area contributed by atoms with Crippen LogP contribution >= 0.6 is 24.0 Å². The summed E-state index contributed by atoms with van der Waals surface area (Å²) in [7, 11) is 1.65. The average molecular weight is 487 g/mol. The molecule has 0 fully saturated rings. The van der Waals surface area contributed by atoms with Crippen molar-refractivity contribution < 1.29 is 14.2 Å². The molecule has 2 aromatic rings. The summed E-state index contributed by atoms with van der Waals surface area (Å²) >= 11 is 0. The summed E-state index contributed by atoms with van der Waals surface area (Å²) in [5, 5.41) is 16.5. The first-order chi connectivity index (χ1) is 12.7. The molecule has 0 aromatic heterocycles. The van der Waals surface area contributed by atoms with E-state index in [1.54, 1.807) is 25.3 Å². The number of hydrogen-bond acceptors (Lipinski definition) is 3. The first-order valence-electron chi connectivity index (χ1n) is 8.72. The standard InChI is InChI=1S/C20H26FN3O2.HI/c1-3-22-20(23-13-12-15-8-4-7-11-19(15)26-2)24-14-18(25)16-9-5-6-10-17(16)21;/h4-11,18,25H,3,12-14H2,1-2H3,(H2,22,23,24);1H. The number of halogens is 2. The Kier molecular flexibility index (Phi) is 10.7. The van der Waals surface area contributed by atoms with Crippen LogP contribution in [0.3, 0.4) is 0 Å². The van der Waals surface area contributed by atoms with Gasteiger partial charge < -0.3 is 20.5 Å². The van der Waals surface area contributed by atoms with Crippen LogP contribution < -0.4 is 15.4 Å². The highest BCUT2D eigenvalue weighted by molar-refractivity contribution is 14.0. The highest BCUT2D eigenvalue weighted by Crippen LogP contribution is 2.18. The van der Waals surface area contributed by atoms with E-state index >= 15 is 0 Å². The number of aliphatic imine (C=N–C) groups is 1. The van der Waals surface area contributed by atoms with E-state index in [1.807, 2.05) is 31.2 Å². The molecule has 0 aliphatic carbocycles. The minimum atomic E-state index is -0.985. The predicted molar refractivity (Wildman–Crippen MR) is 117 cm³/mol. The molecule has 7 heteroatoms. The highest BCUT2D eigenvalue weighted by Gasteiger charge is 2.12. The molecule has 1 unspecified atom stereocenters. The van der Waals surface area contributed by atoms with E-state index in [1.165, 1.54) is 6.07 Å². The summed E-state index contributed by atoms with van der Waals surface area (Å²) < 4.78 is 19.1. The Bertz CT molecular complexity index is 728. The Morgan fingerprint density at radius 2 is 1.85 bits per heavy atom. The number of guanidine groups is 1. The number of aliphatic hydroxyl groups is 1. The normalized spacial score (nSPS) is 12.1. The van der Waals surface area contributed by atoms with Crippen molar-refractivity contribution in [2.45, 2.75) is 19.4 Å². The number of hydrogen-bond donors (Lipinski definition) is 3. The fraction of sp³-hybridized carbons (Fsp3) is 0.350. The van der Waals surface area contributed by atoms with Gasteiger partial charge in [0, 0.05) is 18.7 Å². The molecule has 0 amide bonds. The number of ether oxygens (including phenoxy) is 1. The number of para-hydroxylation sites is 1. The molecular weight excluding hydrogens is 460 g/mol. The van der Waals surface area contributed by atoms with Gasteiger partial charge >= 0.3 is 0 Å². The van der Waals surface area contributed by atoms with E-state index in [0.717, 1.165) is 17.7 Å². The zero-order chi connectivity index (χ0) is 18.8. The minimum absolute atomic E-state index is 0. The fourth-order valence-electron chi connectivity index (χ4n) is 2.59. The Morgan fingerprint density at radius 1 is 1.15 bits per heavy atom. The molecule has 0 bridgehead atoms. The maximum absolute atomic E-state index is 13.7. The van der Waals surface area contributed by atoms with E-state index in [0.29, 0.717) is 19.0 Å². The number of benzene rings is 2. The second-order valence-electron chi connectivity index (χ2n) is 5.75. The zero-order valence-corrected chi connectivity index (χ0v) is 17.9. The van der Waals surface area contributed by atoms with Gasteiger partial charge in [-0.15, -0.1) is 24.0 Å². The summed E-state index contributed by atoms with van der Waals surface area (Å²) in [6, 6.07) is 14.1. The first-order valence-corrected chi connectivity index (χ1v) is 8.72. The quantitative estimate of drug-likeness (QED) is 0.304. The summed E-state index contributed by atoms with van der Waals surface area (Å²) in [6.07, 6.45) is -0.217.